The second-order valence-electron chi connectivity index (χ2n) is 6.21. The molecule has 4 nitrogen and oxygen atoms in total. The van der Waals surface area contributed by atoms with E-state index in [1.54, 1.807) is 0 Å². The van der Waals surface area contributed by atoms with Gasteiger partial charge in [0.15, 0.2) is 0 Å². The lowest BCUT2D eigenvalue weighted by atomic mass is 9.84. The van der Waals surface area contributed by atoms with Gasteiger partial charge in [-0.1, -0.05) is 19.3 Å². The molecule has 0 aromatic rings. The van der Waals surface area contributed by atoms with E-state index in [-0.39, 0.29) is 6.10 Å². The fourth-order valence-corrected chi connectivity index (χ4v) is 3.29. The quantitative estimate of drug-likeness (QED) is 0.776. The zero-order valence-corrected chi connectivity index (χ0v) is 11.6. The highest BCUT2D eigenvalue weighted by atomic mass is 16.3. The molecule has 0 amide bonds. The Hall–Kier alpha value is -0.160. The molecule has 2 rings (SSSR count). The van der Waals surface area contributed by atoms with Crippen LogP contribution in [-0.4, -0.2) is 71.0 Å². The summed E-state index contributed by atoms with van der Waals surface area (Å²) >= 11 is 0. The fraction of sp³-hybridized carbons (Fsp3) is 1.00. The van der Waals surface area contributed by atoms with Crippen LogP contribution < -0.4 is 0 Å². The van der Waals surface area contributed by atoms with Gasteiger partial charge in [0.25, 0.3) is 0 Å². The SMILES string of the molecule is C[C@@H](O)CN1CCN(CC2(O)CCCCC2)CC1. The van der Waals surface area contributed by atoms with Crippen LogP contribution in [0.25, 0.3) is 0 Å². The molecule has 0 radical (unpaired) electrons. The number of aliphatic hydroxyl groups is 2. The third kappa shape index (κ3) is 4.19. The van der Waals surface area contributed by atoms with Crippen molar-refractivity contribution in [3.05, 3.63) is 0 Å². The molecule has 1 heterocycles. The fourth-order valence-electron chi connectivity index (χ4n) is 3.29. The minimum Gasteiger partial charge on any atom is -0.392 e. The molecule has 4 heteroatoms. The molecule has 2 aliphatic rings. The maximum absolute atomic E-state index is 10.5. The highest BCUT2D eigenvalue weighted by molar-refractivity contribution is 4.87. The van der Waals surface area contributed by atoms with Gasteiger partial charge in [0.05, 0.1) is 11.7 Å². The third-order valence-corrected chi connectivity index (χ3v) is 4.29. The van der Waals surface area contributed by atoms with E-state index in [1.807, 2.05) is 6.92 Å². The van der Waals surface area contributed by atoms with Crippen LogP contribution in [0.4, 0.5) is 0 Å². The maximum Gasteiger partial charge on any atom is 0.0774 e. The first-order chi connectivity index (χ1) is 8.57. The molecule has 2 N–H and O–H groups in total. The lowest BCUT2D eigenvalue weighted by Crippen LogP contribution is -2.53. The van der Waals surface area contributed by atoms with Gasteiger partial charge in [-0.05, 0) is 19.8 Å². The number of rotatable bonds is 4. The zero-order chi connectivity index (χ0) is 13.0. The van der Waals surface area contributed by atoms with Crippen LogP contribution in [0, 0.1) is 0 Å². The summed E-state index contributed by atoms with van der Waals surface area (Å²) in [4.78, 5) is 4.70. The Bertz CT molecular complexity index is 244. The van der Waals surface area contributed by atoms with Crippen molar-refractivity contribution in [2.24, 2.45) is 0 Å². The van der Waals surface area contributed by atoms with Gasteiger partial charge in [-0.3, -0.25) is 9.80 Å². The van der Waals surface area contributed by atoms with E-state index in [0.717, 1.165) is 52.1 Å². The van der Waals surface area contributed by atoms with Crippen LogP contribution in [0.15, 0.2) is 0 Å². The van der Waals surface area contributed by atoms with E-state index < -0.39 is 5.60 Å². The normalized spacial score (nSPS) is 28.2. The summed E-state index contributed by atoms with van der Waals surface area (Å²) in [5.74, 6) is 0. The zero-order valence-electron chi connectivity index (χ0n) is 11.6. The van der Waals surface area contributed by atoms with Crippen LogP contribution in [0.1, 0.15) is 39.0 Å². The molecule has 1 saturated carbocycles. The highest BCUT2D eigenvalue weighted by Gasteiger charge is 2.32. The van der Waals surface area contributed by atoms with Crippen molar-refractivity contribution >= 4 is 0 Å². The monoisotopic (exact) mass is 256 g/mol. The molecule has 0 bridgehead atoms. The molecular formula is C14H28N2O2. The molecule has 2 fully saturated rings. The van der Waals surface area contributed by atoms with E-state index in [2.05, 4.69) is 9.80 Å². The van der Waals surface area contributed by atoms with Crippen LogP contribution in [0.3, 0.4) is 0 Å². The molecule has 0 aromatic carbocycles. The van der Waals surface area contributed by atoms with Gasteiger partial charge in [0.2, 0.25) is 0 Å². The maximum atomic E-state index is 10.5. The van der Waals surface area contributed by atoms with Crippen LogP contribution in [0.5, 0.6) is 0 Å². The Morgan fingerprint density at radius 3 is 2.11 bits per heavy atom. The lowest BCUT2D eigenvalue weighted by Gasteiger charge is -2.41. The van der Waals surface area contributed by atoms with Gasteiger partial charge in [-0.15, -0.1) is 0 Å². The smallest absolute Gasteiger partial charge is 0.0774 e. The molecule has 1 aliphatic carbocycles. The van der Waals surface area contributed by atoms with Crippen molar-refractivity contribution in [2.45, 2.75) is 50.7 Å². The molecule has 0 spiro atoms. The Labute approximate surface area is 111 Å². The van der Waals surface area contributed by atoms with Crippen LogP contribution >= 0.6 is 0 Å². The van der Waals surface area contributed by atoms with Gasteiger partial charge < -0.3 is 10.2 Å². The Morgan fingerprint density at radius 2 is 1.56 bits per heavy atom. The molecule has 0 unspecified atom stereocenters. The first-order valence-corrected chi connectivity index (χ1v) is 7.43. The first kappa shape index (κ1) is 14.3. The van der Waals surface area contributed by atoms with Crippen LogP contribution in [-0.2, 0) is 0 Å². The van der Waals surface area contributed by atoms with E-state index in [9.17, 15) is 10.2 Å². The summed E-state index contributed by atoms with van der Waals surface area (Å²) < 4.78 is 0. The molecule has 0 aromatic heterocycles. The second-order valence-corrected chi connectivity index (χ2v) is 6.21. The molecule has 1 aliphatic heterocycles. The van der Waals surface area contributed by atoms with E-state index in [1.165, 1.54) is 19.3 Å². The highest BCUT2D eigenvalue weighted by Crippen LogP contribution is 2.29. The number of hydrogen-bond acceptors (Lipinski definition) is 4. The summed E-state index contributed by atoms with van der Waals surface area (Å²) in [5.41, 5.74) is -0.426. The van der Waals surface area contributed by atoms with Crippen LogP contribution in [0.2, 0.25) is 0 Å². The first-order valence-electron chi connectivity index (χ1n) is 7.43. The number of hydrogen-bond donors (Lipinski definition) is 2. The van der Waals surface area contributed by atoms with Crippen molar-refractivity contribution < 1.29 is 10.2 Å². The Morgan fingerprint density at radius 1 is 1.00 bits per heavy atom. The van der Waals surface area contributed by atoms with Gasteiger partial charge in [0.1, 0.15) is 0 Å². The number of piperazine rings is 1. The average Bonchev–Trinajstić information content (AvgIpc) is 2.31. The predicted octanol–water partition coefficient (Wildman–Crippen LogP) is 0.680. The summed E-state index contributed by atoms with van der Waals surface area (Å²) in [5, 5.41) is 19.9. The van der Waals surface area contributed by atoms with E-state index in [4.69, 9.17) is 0 Å². The van der Waals surface area contributed by atoms with Gasteiger partial charge in [0, 0.05) is 39.3 Å². The molecule has 1 saturated heterocycles. The number of aliphatic hydroxyl groups excluding tert-OH is 1. The minimum absolute atomic E-state index is 0.237. The topological polar surface area (TPSA) is 46.9 Å². The van der Waals surface area contributed by atoms with Gasteiger partial charge in [-0.25, -0.2) is 0 Å². The predicted molar refractivity (Wildman–Crippen MR) is 72.6 cm³/mol. The van der Waals surface area contributed by atoms with Crippen molar-refractivity contribution in [3.63, 3.8) is 0 Å². The number of nitrogens with zero attached hydrogens (tertiary/aromatic N) is 2. The summed E-state index contributed by atoms with van der Waals surface area (Å²) in [6.45, 7) is 7.54. The Balaban J connectivity index is 1.72. The summed E-state index contributed by atoms with van der Waals surface area (Å²) in [6, 6.07) is 0. The lowest BCUT2D eigenvalue weighted by molar-refractivity contribution is -0.0374. The van der Waals surface area contributed by atoms with Gasteiger partial charge >= 0.3 is 0 Å². The Kier molecular flexibility index (Phi) is 5.01. The third-order valence-electron chi connectivity index (χ3n) is 4.29. The largest absolute Gasteiger partial charge is 0.392 e. The standard InChI is InChI=1S/C14H28N2O2/c1-13(17)11-15-7-9-16(10-8-15)12-14(18)5-3-2-4-6-14/h13,17-18H,2-12H2,1H3/t13-/m1/s1. The average molecular weight is 256 g/mol. The minimum atomic E-state index is -0.426. The second kappa shape index (κ2) is 6.33. The molecule has 106 valence electrons. The number of β-amino-alcohol motifs (C(OH)–C–C–N with tert-alkyl or cyclic N) is 2. The van der Waals surface area contributed by atoms with Crippen molar-refractivity contribution in [3.8, 4) is 0 Å². The van der Waals surface area contributed by atoms with E-state index in [0.29, 0.717) is 0 Å². The van der Waals surface area contributed by atoms with Crippen molar-refractivity contribution in [1.82, 2.24) is 9.80 Å². The summed E-state index contributed by atoms with van der Waals surface area (Å²) in [7, 11) is 0. The van der Waals surface area contributed by atoms with Gasteiger partial charge in [-0.2, -0.15) is 0 Å². The van der Waals surface area contributed by atoms with Crippen molar-refractivity contribution in [1.29, 1.82) is 0 Å². The molecule has 1 atom stereocenters. The summed E-state index contributed by atoms with van der Waals surface area (Å²) in [6.07, 6.45) is 5.35. The van der Waals surface area contributed by atoms with Crippen molar-refractivity contribution in [2.75, 3.05) is 39.3 Å². The molecule has 18 heavy (non-hydrogen) atoms. The molecular weight excluding hydrogens is 228 g/mol. The van der Waals surface area contributed by atoms with E-state index >= 15 is 0 Å².